The van der Waals surface area contributed by atoms with Crippen molar-refractivity contribution in [2.75, 3.05) is 26.7 Å². The molecule has 0 bridgehead atoms. The highest BCUT2D eigenvalue weighted by atomic mass is 35.5. The lowest BCUT2D eigenvalue weighted by Crippen LogP contribution is -2.48. The highest BCUT2D eigenvalue weighted by molar-refractivity contribution is 6.32. The molecule has 4 rings (SSSR count). The van der Waals surface area contributed by atoms with Crippen LogP contribution in [0.2, 0.25) is 5.02 Å². The van der Waals surface area contributed by atoms with Crippen molar-refractivity contribution in [3.63, 3.8) is 0 Å². The quantitative estimate of drug-likeness (QED) is 0.238. The smallest absolute Gasteiger partial charge is 0.249 e. The van der Waals surface area contributed by atoms with Crippen LogP contribution in [0.1, 0.15) is 49.3 Å². The third-order valence-electron chi connectivity index (χ3n) is 7.66. The van der Waals surface area contributed by atoms with Gasteiger partial charge < -0.3 is 14.7 Å². The summed E-state index contributed by atoms with van der Waals surface area (Å²) < 4.78 is 33.1. The fraction of sp³-hybridized carbons (Fsp3) is 0.429. The first kappa shape index (κ1) is 28.2. The zero-order valence-corrected chi connectivity index (χ0v) is 22.0. The minimum absolute atomic E-state index is 0.0902. The van der Waals surface area contributed by atoms with E-state index in [0.29, 0.717) is 72.6 Å². The Balaban J connectivity index is 1.40. The van der Waals surface area contributed by atoms with Gasteiger partial charge >= 0.3 is 0 Å². The van der Waals surface area contributed by atoms with Crippen LogP contribution in [0.25, 0.3) is 10.9 Å². The molecule has 38 heavy (non-hydrogen) atoms. The van der Waals surface area contributed by atoms with Crippen molar-refractivity contribution in [1.82, 2.24) is 15.4 Å². The number of nitrogens with one attached hydrogen (secondary N) is 1. The Morgan fingerprint density at radius 3 is 2.61 bits per heavy atom. The number of pyridine rings is 1. The molecule has 0 aliphatic carbocycles. The first-order valence-corrected chi connectivity index (χ1v) is 13.1. The Kier molecular flexibility index (Phi) is 9.15. The molecular formula is C28H32ClF2N3O4. The molecule has 1 aliphatic heterocycles. The van der Waals surface area contributed by atoms with Crippen LogP contribution < -0.4 is 10.2 Å². The maximum absolute atomic E-state index is 13.9. The van der Waals surface area contributed by atoms with Gasteiger partial charge in [0.1, 0.15) is 17.4 Å². The molecule has 1 atom stereocenters. The van der Waals surface area contributed by atoms with Crippen LogP contribution in [0.4, 0.5) is 8.78 Å². The summed E-state index contributed by atoms with van der Waals surface area (Å²) in [5, 5.41) is 21.6. The van der Waals surface area contributed by atoms with Crippen LogP contribution in [0.3, 0.4) is 0 Å². The van der Waals surface area contributed by atoms with Crippen molar-refractivity contribution in [2.45, 2.75) is 44.6 Å². The summed E-state index contributed by atoms with van der Waals surface area (Å²) in [7, 11) is 1.55. The fourth-order valence-electron chi connectivity index (χ4n) is 5.36. The van der Waals surface area contributed by atoms with Crippen molar-refractivity contribution in [1.29, 1.82) is 0 Å². The molecule has 1 fully saturated rings. The summed E-state index contributed by atoms with van der Waals surface area (Å²) in [5.74, 6) is -0.955. The molecule has 0 spiro atoms. The monoisotopic (exact) mass is 547 g/mol. The third-order valence-corrected chi connectivity index (χ3v) is 7.96. The number of piperidine rings is 1. The maximum atomic E-state index is 13.9. The van der Waals surface area contributed by atoms with E-state index in [-0.39, 0.29) is 18.4 Å². The molecule has 2 heterocycles. The van der Waals surface area contributed by atoms with Gasteiger partial charge in [0.15, 0.2) is 0 Å². The zero-order chi connectivity index (χ0) is 27.3. The number of carbonyl (C=O) groups is 1. The average molecular weight is 548 g/mol. The van der Waals surface area contributed by atoms with E-state index in [9.17, 15) is 23.9 Å². The number of hydrogen-bond donors (Lipinski definition) is 3. The van der Waals surface area contributed by atoms with Gasteiger partial charge in [-0.2, -0.15) is 0 Å². The van der Waals surface area contributed by atoms with E-state index >= 15 is 0 Å². The first-order valence-electron chi connectivity index (χ1n) is 12.7. The number of hydroxylamine groups is 1. The summed E-state index contributed by atoms with van der Waals surface area (Å²) in [4.78, 5) is 19.3. The molecule has 0 radical (unpaired) electrons. The lowest BCUT2D eigenvalue weighted by atomic mass is 9.73. The van der Waals surface area contributed by atoms with Gasteiger partial charge in [-0.05, 0) is 88.5 Å². The summed E-state index contributed by atoms with van der Waals surface area (Å²) in [5.41, 5.74) is 2.22. The van der Waals surface area contributed by atoms with Crippen molar-refractivity contribution in [3.8, 4) is 5.75 Å². The number of likely N-dealkylation sites (tertiary alicyclic amines) is 1. The van der Waals surface area contributed by atoms with E-state index in [4.69, 9.17) is 16.3 Å². The van der Waals surface area contributed by atoms with Crippen LogP contribution in [-0.2, 0) is 11.2 Å². The van der Waals surface area contributed by atoms with Crippen LogP contribution in [-0.4, -0.2) is 52.8 Å². The molecular weight excluding hydrogens is 516 g/mol. The molecule has 7 nitrogen and oxygen atoms in total. The van der Waals surface area contributed by atoms with E-state index in [2.05, 4.69) is 9.88 Å². The molecule has 1 amide bonds. The third kappa shape index (κ3) is 6.07. The first-order chi connectivity index (χ1) is 18.3. The van der Waals surface area contributed by atoms with Crippen molar-refractivity contribution in [3.05, 3.63) is 70.4 Å². The summed E-state index contributed by atoms with van der Waals surface area (Å²) in [6.07, 6.45) is 2.92. The predicted molar refractivity (Wildman–Crippen MR) is 140 cm³/mol. The molecule has 1 saturated heterocycles. The topological polar surface area (TPSA) is 94.9 Å². The molecule has 0 unspecified atom stereocenters. The van der Waals surface area contributed by atoms with E-state index in [1.165, 1.54) is 24.4 Å². The van der Waals surface area contributed by atoms with E-state index in [0.717, 1.165) is 0 Å². The number of aliphatic hydroxyl groups excluding tert-OH is 1. The molecule has 1 aromatic heterocycles. The van der Waals surface area contributed by atoms with Crippen LogP contribution >= 0.6 is 11.6 Å². The Bertz CT molecular complexity index is 1260. The van der Waals surface area contributed by atoms with Gasteiger partial charge in [0, 0.05) is 22.7 Å². The number of fused-ring (bicyclic) bond motifs is 1. The second-order valence-electron chi connectivity index (χ2n) is 9.82. The number of nitrogens with zero attached hydrogens (tertiary/aromatic N) is 2. The van der Waals surface area contributed by atoms with Crippen molar-refractivity contribution >= 4 is 28.4 Å². The number of aromatic nitrogens is 1. The predicted octanol–water partition coefficient (Wildman–Crippen LogP) is 5.21. The normalized spacial score (nSPS) is 16.4. The maximum Gasteiger partial charge on any atom is 0.249 e. The SMILES string of the molecule is COc1ccc2ncc(Cl)c([C@H](O)CCC3(C(=O)NO)CCN(CCCc4c(F)cccc4F)CC3)c2c1. The van der Waals surface area contributed by atoms with Gasteiger partial charge in [-0.15, -0.1) is 0 Å². The van der Waals surface area contributed by atoms with Gasteiger partial charge in [-0.3, -0.25) is 15.0 Å². The molecule has 10 heteroatoms. The second-order valence-corrected chi connectivity index (χ2v) is 10.2. The number of halogens is 3. The van der Waals surface area contributed by atoms with Gasteiger partial charge in [-0.25, -0.2) is 14.3 Å². The largest absolute Gasteiger partial charge is 0.497 e. The lowest BCUT2D eigenvalue weighted by Gasteiger charge is -2.40. The van der Waals surface area contributed by atoms with Gasteiger partial charge in [0.25, 0.3) is 0 Å². The zero-order valence-electron chi connectivity index (χ0n) is 21.2. The standard InChI is InChI=1S/C28H32ClF2N3O4/c1-38-18-7-8-24-20(16-18)26(21(29)17-32-24)25(35)9-10-28(27(36)33-37)11-14-34(15-12-28)13-3-4-19-22(30)5-2-6-23(19)31/h2,5-8,16-17,25,35,37H,3-4,9-15H2,1H3,(H,33,36)/t25-/m1/s1. The number of hydrogen-bond acceptors (Lipinski definition) is 6. The minimum atomic E-state index is -0.961. The Morgan fingerprint density at radius 1 is 1.24 bits per heavy atom. The number of rotatable bonds is 10. The molecule has 3 N–H and O–H groups in total. The van der Waals surface area contributed by atoms with E-state index in [1.807, 2.05) is 5.48 Å². The van der Waals surface area contributed by atoms with Crippen molar-refractivity contribution in [2.24, 2.45) is 5.41 Å². The summed E-state index contributed by atoms with van der Waals surface area (Å²) >= 11 is 6.43. The summed E-state index contributed by atoms with van der Waals surface area (Å²) in [6, 6.07) is 9.21. The molecule has 0 saturated carbocycles. The number of ether oxygens (including phenoxy) is 1. The van der Waals surface area contributed by atoms with Crippen molar-refractivity contribution < 1.29 is 28.6 Å². The van der Waals surface area contributed by atoms with E-state index in [1.54, 1.807) is 25.3 Å². The summed E-state index contributed by atoms with van der Waals surface area (Å²) in [6.45, 7) is 1.80. The Labute approximate surface area is 225 Å². The fourth-order valence-corrected chi connectivity index (χ4v) is 5.63. The number of aliphatic hydroxyl groups is 1. The highest BCUT2D eigenvalue weighted by Gasteiger charge is 2.41. The Hall–Kier alpha value is -2.85. The molecule has 2 aromatic carbocycles. The lowest BCUT2D eigenvalue weighted by molar-refractivity contribution is -0.143. The van der Waals surface area contributed by atoms with Gasteiger partial charge in [0.2, 0.25) is 5.91 Å². The average Bonchev–Trinajstić information content (AvgIpc) is 2.93. The van der Waals surface area contributed by atoms with Crippen LogP contribution in [0, 0.1) is 17.0 Å². The van der Waals surface area contributed by atoms with Gasteiger partial charge in [-0.1, -0.05) is 17.7 Å². The van der Waals surface area contributed by atoms with Crippen LogP contribution in [0.15, 0.2) is 42.6 Å². The highest BCUT2D eigenvalue weighted by Crippen LogP contribution is 2.41. The molecule has 1 aliphatic rings. The number of amides is 1. The number of benzene rings is 2. The second kappa shape index (κ2) is 12.3. The minimum Gasteiger partial charge on any atom is -0.497 e. The number of methoxy groups -OCH3 is 1. The molecule has 204 valence electrons. The van der Waals surface area contributed by atoms with Gasteiger partial charge in [0.05, 0.1) is 29.2 Å². The number of carbonyl (C=O) groups excluding carboxylic acids is 1. The van der Waals surface area contributed by atoms with Crippen LogP contribution in [0.5, 0.6) is 5.75 Å². The Morgan fingerprint density at radius 2 is 1.95 bits per heavy atom. The molecule has 3 aromatic rings. The van der Waals surface area contributed by atoms with E-state index < -0.39 is 29.1 Å².